The van der Waals surface area contributed by atoms with Gasteiger partial charge in [0.25, 0.3) is 0 Å². The second-order valence-corrected chi connectivity index (χ2v) is 7.21. The normalized spacial score (nSPS) is 12.5. The van der Waals surface area contributed by atoms with Gasteiger partial charge in [0, 0.05) is 16.5 Å². The van der Waals surface area contributed by atoms with E-state index in [1.807, 2.05) is 39.0 Å². The van der Waals surface area contributed by atoms with Crippen molar-refractivity contribution in [3.05, 3.63) is 35.4 Å². The summed E-state index contributed by atoms with van der Waals surface area (Å²) in [6, 6.07) is 8.00. The Bertz CT molecular complexity index is 435. The summed E-state index contributed by atoms with van der Waals surface area (Å²) in [6.07, 6.45) is 0.947. The zero-order valence-electron chi connectivity index (χ0n) is 13.1. The number of hydrogen-bond donors (Lipinski definition) is 1. The second-order valence-electron chi connectivity index (χ2n) is 7.21. The molecule has 0 bridgehead atoms. The molecule has 2 heteroatoms. The molecule has 0 saturated heterocycles. The van der Waals surface area contributed by atoms with E-state index < -0.39 is 0 Å². The highest BCUT2D eigenvalue weighted by atomic mass is 16.1. The third-order valence-corrected chi connectivity index (χ3v) is 2.94. The fourth-order valence-electron chi connectivity index (χ4n) is 1.88. The number of rotatable bonds is 4. The fourth-order valence-corrected chi connectivity index (χ4v) is 1.88. The van der Waals surface area contributed by atoms with Crippen LogP contribution < -0.4 is 5.32 Å². The van der Waals surface area contributed by atoms with Crippen LogP contribution in [0.4, 0.5) is 0 Å². The van der Waals surface area contributed by atoms with E-state index in [9.17, 15) is 4.79 Å². The number of nitrogens with one attached hydrogen (secondary N) is 1. The first kappa shape index (κ1) is 15.9. The van der Waals surface area contributed by atoms with Crippen LogP contribution in [-0.4, -0.2) is 17.9 Å². The van der Waals surface area contributed by atoms with Crippen molar-refractivity contribution in [2.75, 3.05) is 6.54 Å². The summed E-state index contributed by atoms with van der Waals surface area (Å²) >= 11 is 0. The summed E-state index contributed by atoms with van der Waals surface area (Å²) in [7, 11) is 0. The van der Waals surface area contributed by atoms with Crippen molar-refractivity contribution in [2.45, 2.75) is 53.5 Å². The largest absolute Gasteiger partial charge is 0.312 e. The van der Waals surface area contributed by atoms with Gasteiger partial charge in [-0.15, -0.1) is 0 Å². The Morgan fingerprint density at radius 1 is 1.11 bits per heavy atom. The highest BCUT2D eigenvalue weighted by Crippen LogP contribution is 2.21. The standard InChI is InChI=1S/C17H27NO/c1-16(2,3)15(19)14-9-7-8-13(12-14)10-11-18-17(4,5)6/h7-9,12,18H,10-11H2,1-6H3. The predicted octanol–water partition coefficient (Wildman–Crippen LogP) is 3.85. The zero-order chi connectivity index (χ0) is 14.7. The van der Waals surface area contributed by atoms with Crippen LogP contribution in [0, 0.1) is 5.41 Å². The van der Waals surface area contributed by atoms with Crippen LogP contribution in [0.15, 0.2) is 24.3 Å². The third kappa shape index (κ3) is 5.56. The van der Waals surface area contributed by atoms with Gasteiger partial charge in [-0.2, -0.15) is 0 Å². The van der Waals surface area contributed by atoms with E-state index in [0.29, 0.717) is 0 Å². The molecule has 1 aromatic carbocycles. The van der Waals surface area contributed by atoms with Gasteiger partial charge < -0.3 is 5.32 Å². The van der Waals surface area contributed by atoms with Gasteiger partial charge in [-0.3, -0.25) is 4.79 Å². The summed E-state index contributed by atoms with van der Waals surface area (Å²) in [5.41, 5.74) is 1.86. The molecule has 0 spiro atoms. The Hall–Kier alpha value is -1.15. The van der Waals surface area contributed by atoms with E-state index >= 15 is 0 Å². The van der Waals surface area contributed by atoms with Crippen molar-refractivity contribution in [3.63, 3.8) is 0 Å². The minimum Gasteiger partial charge on any atom is -0.312 e. The molecule has 0 radical (unpaired) electrons. The summed E-state index contributed by atoms with van der Waals surface area (Å²) in [4.78, 5) is 12.2. The highest BCUT2D eigenvalue weighted by Gasteiger charge is 2.22. The first-order valence-corrected chi connectivity index (χ1v) is 6.98. The molecule has 0 amide bonds. The first-order chi connectivity index (χ1) is 8.59. The molecule has 19 heavy (non-hydrogen) atoms. The van der Waals surface area contributed by atoms with Gasteiger partial charge in [-0.1, -0.05) is 39.0 Å². The molecule has 0 fully saturated rings. The molecule has 1 N–H and O–H groups in total. The van der Waals surface area contributed by atoms with Crippen LogP contribution in [0.1, 0.15) is 57.5 Å². The highest BCUT2D eigenvalue weighted by molar-refractivity contribution is 5.99. The van der Waals surface area contributed by atoms with Crippen LogP contribution in [0.3, 0.4) is 0 Å². The molecular formula is C17H27NO. The predicted molar refractivity (Wildman–Crippen MR) is 81.7 cm³/mol. The molecule has 1 rings (SSSR count). The number of carbonyl (C=O) groups excluding carboxylic acids is 1. The number of benzene rings is 1. The maximum Gasteiger partial charge on any atom is 0.168 e. The average molecular weight is 261 g/mol. The molecule has 0 aliphatic carbocycles. The van der Waals surface area contributed by atoms with Gasteiger partial charge in [0.1, 0.15) is 0 Å². The van der Waals surface area contributed by atoms with E-state index in [1.54, 1.807) is 0 Å². The van der Waals surface area contributed by atoms with Gasteiger partial charge in [-0.05, 0) is 45.4 Å². The number of ketones is 1. The zero-order valence-corrected chi connectivity index (χ0v) is 13.1. The molecular weight excluding hydrogens is 234 g/mol. The first-order valence-electron chi connectivity index (χ1n) is 6.98. The Balaban J connectivity index is 2.70. The quantitative estimate of drug-likeness (QED) is 0.834. The lowest BCUT2D eigenvalue weighted by molar-refractivity contribution is 0.0858. The molecule has 0 saturated carbocycles. The summed E-state index contributed by atoms with van der Waals surface area (Å²) in [6.45, 7) is 13.3. The smallest absolute Gasteiger partial charge is 0.168 e. The third-order valence-electron chi connectivity index (χ3n) is 2.94. The Labute approximate surface area is 117 Å². The van der Waals surface area contributed by atoms with Gasteiger partial charge in [0.2, 0.25) is 0 Å². The van der Waals surface area contributed by atoms with Gasteiger partial charge in [0.15, 0.2) is 5.78 Å². The topological polar surface area (TPSA) is 29.1 Å². The maximum atomic E-state index is 12.2. The van der Waals surface area contributed by atoms with Gasteiger partial charge >= 0.3 is 0 Å². The van der Waals surface area contributed by atoms with Crippen LogP contribution >= 0.6 is 0 Å². The Kier molecular flexibility index (Phi) is 4.92. The maximum absolute atomic E-state index is 12.2. The lowest BCUT2D eigenvalue weighted by Gasteiger charge is -2.20. The van der Waals surface area contributed by atoms with E-state index in [4.69, 9.17) is 0 Å². The Morgan fingerprint density at radius 2 is 1.74 bits per heavy atom. The molecule has 0 aliphatic rings. The molecule has 0 aliphatic heterocycles. The van der Waals surface area contributed by atoms with Crippen LogP contribution in [0.2, 0.25) is 0 Å². The van der Waals surface area contributed by atoms with Crippen LogP contribution in [-0.2, 0) is 6.42 Å². The fraction of sp³-hybridized carbons (Fsp3) is 0.588. The van der Waals surface area contributed by atoms with Crippen molar-refractivity contribution >= 4 is 5.78 Å². The van der Waals surface area contributed by atoms with Crippen molar-refractivity contribution in [1.82, 2.24) is 5.32 Å². The van der Waals surface area contributed by atoms with Crippen LogP contribution in [0.5, 0.6) is 0 Å². The molecule has 0 atom stereocenters. The lowest BCUT2D eigenvalue weighted by Crippen LogP contribution is -2.37. The minimum atomic E-state index is -0.317. The van der Waals surface area contributed by atoms with E-state index in [1.165, 1.54) is 5.56 Å². The van der Waals surface area contributed by atoms with Crippen molar-refractivity contribution in [1.29, 1.82) is 0 Å². The van der Waals surface area contributed by atoms with E-state index in [2.05, 4.69) is 32.2 Å². The molecule has 0 aromatic heterocycles. The second kappa shape index (κ2) is 5.87. The number of Topliss-reactive ketones (excluding diaryl/α,β-unsaturated/α-hetero) is 1. The van der Waals surface area contributed by atoms with Gasteiger partial charge in [0.05, 0.1) is 0 Å². The number of hydrogen-bond acceptors (Lipinski definition) is 2. The molecule has 0 heterocycles. The minimum absolute atomic E-state index is 0.138. The average Bonchev–Trinajstić information content (AvgIpc) is 2.25. The van der Waals surface area contributed by atoms with Crippen molar-refractivity contribution in [2.24, 2.45) is 5.41 Å². The summed E-state index contributed by atoms with van der Waals surface area (Å²) < 4.78 is 0. The summed E-state index contributed by atoms with van der Waals surface area (Å²) in [5.74, 6) is 0.207. The molecule has 1 aromatic rings. The monoisotopic (exact) mass is 261 g/mol. The lowest BCUT2D eigenvalue weighted by atomic mass is 9.86. The summed E-state index contributed by atoms with van der Waals surface area (Å²) in [5, 5.41) is 3.46. The molecule has 2 nitrogen and oxygen atoms in total. The molecule has 106 valence electrons. The van der Waals surface area contributed by atoms with E-state index in [0.717, 1.165) is 18.5 Å². The van der Waals surface area contributed by atoms with Gasteiger partial charge in [-0.25, -0.2) is 0 Å². The Morgan fingerprint density at radius 3 is 2.26 bits per heavy atom. The molecule has 0 unspecified atom stereocenters. The van der Waals surface area contributed by atoms with Crippen LogP contribution in [0.25, 0.3) is 0 Å². The van der Waals surface area contributed by atoms with Crippen molar-refractivity contribution < 1.29 is 4.79 Å². The number of carbonyl (C=O) groups is 1. The van der Waals surface area contributed by atoms with Crippen molar-refractivity contribution in [3.8, 4) is 0 Å². The van der Waals surface area contributed by atoms with E-state index in [-0.39, 0.29) is 16.7 Å². The SMILES string of the molecule is CC(C)(C)NCCc1cccc(C(=O)C(C)(C)C)c1.